The van der Waals surface area contributed by atoms with E-state index in [4.69, 9.17) is 30.4 Å². The highest BCUT2D eigenvalue weighted by atomic mass is 16.5. The molecule has 1 amide bonds. The summed E-state index contributed by atoms with van der Waals surface area (Å²) >= 11 is 0. The van der Waals surface area contributed by atoms with Gasteiger partial charge in [-0.2, -0.15) is 4.99 Å². The van der Waals surface area contributed by atoms with Gasteiger partial charge in [0, 0.05) is 13.0 Å². The van der Waals surface area contributed by atoms with Gasteiger partial charge in [-0.1, -0.05) is 42.5 Å². The number of hydrogen-bond acceptors (Lipinski definition) is 7. The number of aliphatic imine (C=N–C) groups is 1. The van der Waals surface area contributed by atoms with Crippen LogP contribution >= 0.6 is 0 Å². The Balaban J connectivity index is 0.000000311. The highest BCUT2D eigenvalue weighted by Gasteiger charge is 2.08. The van der Waals surface area contributed by atoms with Gasteiger partial charge in [-0.3, -0.25) is 4.79 Å². The van der Waals surface area contributed by atoms with E-state index in [1.54, 1.807) is 39.5 Å². The number of nitrogens with zero attached hydrogens (tertiary/aromatic N) is 1. The number of rotatable bonds is 11. The van der Waals surface area contributed by atoms with E-state index in [2.05, 4.69) is 10.3 Å². The van der Waals surface area contributed by atoms with Crippen LogP contribution in [0.3, 0.4) is 0 Å². The Hall–Kier alpha value is -4.57. The number of guanidine groups is 1. The lowest BCUT2D eigenvalue weighted by atomic mass is 10.1. The molecule has 40 heavy (non-hydrogen) atoms. The van der Waals surface area contributed by atoms with Crippen LogP contribution in [-0.2, 0) is 29.0 Å². The molecule has 0 heterocycles. The van der Waals surface area contributed by atoms with Gasteiger partial charge in [-0.15, -0.1) is 0 Å². The van der Waals surface area contributed by atoms with Crippen molar-refractivity contribution in [3.8, 4) is 23.0 Å². The van der Waals surface area contributed by atoms with Crippen molar-refractivity contribution in [2.75, 3.05) is 35.5 Å². The second-order valence-electron chi connectivity index (χ2n) is 8.21. The summed E-state index contributed by atoms with van der Waals surface area (Å²) in [6, 6.07) is 21.1. The van der Waals surface area contributed by atoms with E-state index in [0.717, 1.165) is 36.3 Å². The fourth-order valence-corrected chi connectivity index (χ4v) is 3.41. The van der Waals surface area contributed by atoms with Crippen molar-refractivity contribution in [1.82, 2.24) is 5.32 Å². The Morgan fingerprint density at radius 3 is 1.77 bits per heavy atom. The maximum atomic E-state index is 11.4. The smallest absolute Gasteiger partial charge is 0.253 e. The molecule has 0 saturated heterocycles. The van der Waals surface area contributed by atoms with Gasteiger partial charge in [0.2, 0.25) is 0 Å². The van der Waals surface area contributed by atoms with Gasteiger partial charge in [0.1, 0.15) is 6.29 Å². The molecule has 0 aliphatic rings. The predicted molar refractivity (Wildman–Crippen MR) is 157 cm³/mol. The lowest BCUT2D eigenvalue weighted by Crippen LogP contribution is -2.24. The molecule has 0 fully saturated rings. The van der Waals surface area contributed by atoms with Gasteiger partial charge < -0.3 is 40.5 Å². The Morgan fingerprint density at radius 1 is 0.775 bits per heavy atom. The van der Waals surface area contributed by atoms with Crippen molar-refractivity contribution in [2.45, 2.75) is 25.8 Å². The van der Waals surface area contributed by atoms with Crippen LogP contribution in [0.15, 0.2) is 71.7 Å². The van der Waals surface area contributed by atoms with Crippen molar-refractivity contribution in [3.63, 3.8) is 0 Å². The highest BCUT2D eigenvalue weighted by molar-refractivity contribution is 5.92. The molecule has 216 valence electrons. The average molecular weight is 553 g/mol. The molecule has 0 saturated carbocycles. The van der Waals surface area contributed by atoms with Crippen LogP contribution in [0.1, 0.15) is 23.1 Å². The van der Waals surface area contributed by atoms with E-state index in [1.165, 1.54) is 18.2 Å². The lowest BCUT2D eigenvalue weighted by Gasteiger charge is -2.08. The van der Waals surface area contributed by atoms with Crippen molar-refractivity contribution < 1.29 is 28.5 Å². The standard InChI is InChI=1S/C11H15N3O3.C10H15NO2.C9H10O/c1-16-8-4-3-7(5-9(8)17-2)6-10(15)14-11(12)13;1-11-7-8-4-5-9(12-2)10(6-8)13-3;10-8-4-7-9-5-2-1-3-6-9/h3-5H,6H2,1-2H3,(H4,12,13,14,15);4-6,11H,7H2,1-3H3;1-3,5-6,8H,4,7H2. The molecule has 5 N–H and O–H groups in total. The first-order valence-electron chi connectivity index (χ1n) is 12.5. The maximum Gasteiger partial charge on any atom is 0.253 e. The fraction of sp³-hybridized carbons (Fsp3) is 0.300. The predicted octanol–water partition coefficient (Wildman–Crippen LogP) is 3.29. The average Bonchev–Trinajstić information content (AvgIpc) is 2.96. The van der Waals surface area contributed by atoms with Crippen LogP contribution in [-0.4, -0.2) is 53.6 Å². The molecule has 10 nitrogen and oxygen atoms in total. The zero-order chi connectivity index (χ0) is 29.8. The first-order valence-corrected chi connectivity index (χ1v) is 12.5. The second kappa shape index (κ2) is 19.5. The molecular weight excluding hydrogens is 512 g/mol. The first-order chi connectivity index (χ1) is 19.3. The lowest BCUT2D eigenvalue weighted by molar-refractivity contribution is -0.117. The number of amides is 1. The summed E-state index contributed by atoms with van der Waals surface area (Å²) in [6.45, 7) is 0.834. The topological polar surface area (TPSA) is 147 Å². The van der Waals surface area contributed by atoms with Crippen LogP contribution < -0.4 is 35.7 Å². The monoisotopic (exact) mass is 552 g/mol. The molecule has 3 aromatic carbocycles. The first kappa shape index (κ1) is 33.5. The summed E-state index contributed by atoms with van der Waals surface area (Å²) < 4.78 is 20.5. The third kappa shape index (κ3) is 12.8. The molecule has 0 unspecified atom stereocenters. The molecule has 0 aromatic heterocycles. The van der Waals surface area contributed by atoms with Gasteiger partial charge in [0.05, 0.1) is 34.9 Å². The van der Waals surface area contributed by atoms with Gasteiger partial charge in [-0.05, 0) is 54.4 Å². The molecule has 0 bridgehead atoms. The van der Waals surface area contributed by atoms with Gasteiger partial charge in [-0.25, -0.2) is 0 Å². The second-order valence-corrected chi connectivity index (χ2v) is 8.21. The quantitative estimate of drug-likeness (QED) is 0.185. The number of ether oxygens (including phenoxy) is 4. The van der Waals surface area contributed by atoms with Crippen molar-refractivity contribution in [1.29, 1.82) is 0 Å². The van der Waals surface area contributed by atoms with Crippen molar-refractivity contribution in [3.05, 3.63) is 83.4 Å². The minimum Gasteiger partial charge on any atom is -0.493 e. The van der Waals surface area contributed by atoms with Crippen molar-refractivity contribution in [2.24, 2.45) is 16.5 Å². The third-order valence-corrected chi connectivity index (χ3v) is 5.28. The van der Waals surface area contributed by atoms with E-state index in [0.29, 0.717) is 17.9 Å². The Kier molecular flexibility index (Phi) is 16.3. The summed E-state index contributed by atoms with van der Waals surface area (Å²) in [7, 11) is 8.26. The number of nitrogens with one attached hydrogen (secondary N) is 1. The summed E-state index contributed by atoms with van der Waals surface area (Å²) in [5.41, 5.74) is 13.4. The van der Waals surface area contributed by atoms with Crippen LogP contribution in [0.4, 0.5) is 0 Å². The number of hydrogen-bond donors (Lipinski definition) is 3. The van der Waals surface area contributed by atoms with Crippen LogP contribution in [0.2, 0.25) is 0 Å². The van der Waals surface area contributed by atoms with Crippen molar-refractivity contribution >= 4 is 18.2 Å². The van der Waals surface area contributed by atoms with E-state index >= 15 is 0 Å². The van der Waals surface area contributed by atoms with E-state index in [-0.39, 0.29) is 12.4 Å². The van der Waals surface area contributed by atoms with Crippen LogP contribution in [0.25, 0.3) is 0 Å². The summed E-state index contributed by atoms with van der Waals surface area (Å²) in [4.78, 5) is 24.8. The zero-order valence-electron chi connectivity index (χ0n) is 23.8. The SMILES string of the molecule is CNCc1ccc(OC)c(OC)c1.COc1ccc(CC(=O)N=C(N)N)cc1OC.O=CCCc1ccccc1. The third-order valence-electron chi connectivity index (χ3n) is 5.28. The number of aryl methyl sites for hydroxylation is 1. The Labute approximate surface area is 236 Å². The summed E-state index contributed by atoms with van der Waals surface area (Å²) in [5, 5.41) is 3.08. The molecule has 3 rings (SSSR count). The molecular formula is C30H40N4O6. The molecule has 0 aliphatic carbocycles. The number of nitrogens with two attached hydrogens (primary N) is 2. The highest BCUT2D eigenvalue weighted by Crippen LogP contribution is 2.28. The summed E-state index contributed by atoms with van der Waals surface area (Å²) in [5.74, 6) is 2.05. The number of aldehydes is 1. The molecule has 0 aliphatic heterocycles. The van der Waals surface area contributed by atoms with E-state index in [9.17, 15) is 9.59 Å². The largest absolute Gasteiger partial charge is 0.493 e. The Bertz CT molecular complexity index is 1200. The zero-order valence-corrected chi connectivity index (χ0v) is 23.8. The van der Waals surface area contributed by atoms with E-state index in [1.807, 2.05) is 55.6 Å². The molecule has 10 heteroatoms. The molecule has 0 spiro atoms. The van der Waals surface area contributed by atoms with Crippen LogP contribution in [0.5, 0.6) is 23.0 Å². The van der Waals surface area contributed by atoms with Gasteiger partial charge in [0.25, 0.3) is 5.91 Å². The number of carbonyl (C=O) groups is 2. The number of methoxy groups -OCH3 is 4. The van der Waals surface area contributed by atoms with Gasteiger partial charge >= 0.3 is 0 Å². The number of carbonyl (C=O) groups excluding carboxylic acids is 2. The minimum atomic E-state index is -0.405. The molecule has 0 radical (unpaired) electrons. The maximum absolute atomic E-state index is 11.4. The summed E-state index contributed by atoms with van der Waals surface area (Å²) in [6.07, 6.45) is 2.56. The normalized spacial score (nSPS) is 9.53. The Morgan fingerprint density at radius 2 is 1.30 bits per heavy atom. The van der Waals surface area contributed by atoms with Crippen LogP contribution in [0, 0.1) is 0 Å². The minimum absolute atomic E-state index is 0.109. The number of benzene rings is 3. The molecule has 0 atom stereocenters. The van der Waals surface area contributed by atoms with E-state index < -0.39 is 5.91 Å². The molecule has 3 aromatic rings. The van der Waals surface area contributed by atoms with Gasteiger partial charge in [0.15, 0.2) is 29.0 Å². The fourth-order valence-electron chi connectivity index (χ4n) is 3.41.